The van der Waals surface area contributed by atoms with Crippen LogP contribution in [0, 0.1) is 0 Å². The molecule has 2 aromatic rings. The molecule has 0 fully saturated rings. The van der Waals surface area contributed by atoms with Crippen LogP contribution in [0.3, 0.4) is 0 Å². The van der Waals surface area contributed by atoms with E-state index in [1.165, 1.54) is 0 Å². The van der Waals surface area contributed by atoms with Gasteiger partial charge in [0, 0.05) is 29.9 Å². The minimum atomic E-state index is -1.05. The number of carbonyl (C=O) groups excluding carboxylic acids is 1. The normalized spacial score (nSPS) is 12.5. The third-order valence-electron chi connectivity index (χ3n) is 3.51. The maximum atomic E-state index is 11.9. The lowest BCUT2D eigenvalue weighted by atomic mass is 10.0. The number of aromatic nitrogens is 1. The minimum absolute atomic E-state index is 0.0456. The van der Waals surface area contributed by atoms with Gasteiger partial charge in [-0.25, -0.2) is 4.79 Å². The van der Waals surface area contributed by atoms with Crippen LogP contribution in [0.4, 0.5) is 0 Å². The molecule has 1 heterocycles. The topological polar surface area (TPSA) is 91.4 Å². The number of carbonyl (C=O) groups is 2. The van der Waals surface area contributed by atoms with Crippen LogP contribution in [0.1, 0.15) is 25.8 Å². The highest BCUT2D eigenvalue weighted by atomic mass is 16.5. The molecule has 2 rings (SSSR count). The summed E-state index contributed by atoms with van der Waals surface area (Å²) in [5, 5.41) is 12.9. The van der Waals surface area contributed by atoms with E-state index in [1.54, 1.807) is 6.20 Å². The van der Waals surface area contributed by atoms with Crippen LogP contribution >= 0.6 is 0 Å². The number of H-pyrrole nitrogens is 1. The van der Waals surface area contributed by atoms with E-state index < -0.39 is 12.0 Å². The lowest BCUT2D eigenvalue weighted by Crippen LogP contribution is -2.42. The van der Waals surface area contributed by atoms with Crippen molar-refractivity contribution in [3.8, 4) is 0 Å². The number of amides is 1. The molecule has 0 aliphatic rings. The highest BCUT2D eigenvalue weighted by Gasteiger charge is 2.21. The lowest BCUT2D eigenvalue weighted by molar-refractivity contribution is -0.142. The average molecular weight is 318 g/mol. The number of aromatic amines is 1. The molecule has 1 aromatic carbocycles. The molecule has 0 radical (unpaired) electrons. The number of rotatable bonds is 8. The molecule has 0 saturated carbocycles. The Morgan fingerprint density at radius 1 is 1.30 bits per heavy atom. The predicted molar refractivity (Wildman–Crippen MR) is 87.3 cm³/mol. The number of nitrogens with one attached hydrogen (secondary N) is 2. The third-order valence-corrected chi connectivity index (χ3v) is 3.51. The average Bonchev–Trinajstić information content (AvgIpc) is 2.89. The van der Waals surface area contributed by atoms with Crippen molar-refractivity contribution in [2.45, 2.75) is 38.8 Å². The van der Waals surface area contributed by atoms with Gasteiger partial charge in [-0.1, -0.05) is 18.2 Å². The van der Waals surface area contributed by atoms with E-state index in [2.05, 4.69) is 10.3 Å². The second-order valence-electron chi connectivity index (χ2n) is 5.69. The van der Waals surface area contributed by atoms with Crippen molar-refractivity contribution in [3.05, 3.63) is 36.0 Å². The molecule has 0 aliphatic heterocycles. The first-order chi connectivity index (χ1) is 11.0. The fourth-order valence-electron chi connectivity index (χ4n) is 2.37. The monoisotopic (exact) mass is 318 g/mol. The number of carboxylic acid groups (broad SMARTS) is 1. The summed E-state index contributed by atoms with van der Waals surface area (Å²) in [6.45, 7) is 4.05. The minimum Gasteiger partial charge on any atom is -0.480 e. The number of aliphatic carboxylic acids is 1. The van der Waals surface area contributed by atoms with Crippen molar-refractivity contribution in [2.75, 3.05) is 6.61 Å². The molecule has 3 N–H and O–H groups in total. The van der Waals surface area contributed by atoms with Crippen LogP contribution in [0.2, 0.25) is 0 Å². The molecular formula is C17H22N2O4. The Labute approximate surface area is 134 Å². The zero-order valence-corrected chi connectivity index (χ0v) is 13.3. The van der Waals surface area contributed by atoms with E-state index in [0.717, 1.165) is 16.5 Å². The van der Waals surface area contributed by atoms with E-state index in [9.17, 15) is 14.7 Å². The number of fused-ring (bicyclic) bond motifs is 1. The summed E-state index contributed by atoms with van der Waals surface area (Å²) in [5.74, 6) is -1.37. The van der Waals surface area contributed by atoms with Gasteiger partial charge in [-0.2, -0.15) is 0 Å². The molecule has 0 saturated heterocycles. The van der Waals surface area contributed by atoms with Gasteiger partial charge in [0.25, 0.3) is 0 Å². The van der Waals surface area contributed by atoms with Crippen molar-refractivity contribution in [3.63, 3.8) is 0 Å². The van der Waals surface area contributed by atoms with Gasteiger partial charge in [-0.15, -0.1) is 0 Å². The molecule has 6 nitrogen and oxygen atoms in total. The smallest absolute Gasteiger partial charge is 0.326 e. The summed E-state index contributed by atoms with van der Waals surface area (Å²) < 4.78 is 5.30. The van der Waals surface area contributed by atoms with Crippen LogP contribution in [0.5, 0.6) is 0 Å². The molecule has 124 valence electrons. The zero-order chi connectivity index (χ0) is 16.8. The van der Waals surface area contributed by atoms with Crippen LogP contribution in [-0.4, -0.2) is 40.7 Å². The number of ether oxygens (including phenoxy) is 1. The maximum absolute atomic E-state index is 11.9. The number of hydrogen-bond acceptors (Lipinski definition) is 3. The van der Waals surface area contributed by atoms with Crippen LogP contribution in [0.15, 0.2) is 30.5 Å². The highest BCUT2D eigenvalue weighted by Crippen LogP contribution is 2.19. The first-order valence-corrected chi connectivity index (χ1v) is 7.66. The number of benzene rings is 1. The van der Waals surface area contributed by atoms with Crippen molar-refractivity contribution < 1.29 is 19.4 Å². The Morgan fingerprint density at radius 3 is 2.74 bits per heavy atom. The summed E-state index contributed by atoms with van der Waals surface area (Å²) in [7, 11) is 0. The van der Waals surface area contributed by atoms with Gasteiger partial charge in [0.05, 0.1) is 12.7 Å². The molecule has 1 atom stereocenters. The maximum Gasteiger partial charge on any atom is 0.326 e. The molecule has 1 amide bonds. The molecule has 6 heteroatoms. The number of para-hydroxylation sites is 1. The fourth-order valence-corrected chi connectivity index (χ4v) is 2.37. The molecule has 0 aliphatic carbocycles. The van der Waals surface area contributed by atoms with Crippen molar-refractivity contribution in [1.82, 2.24) is 10.3 Å². The van der Waals surface area contributed by atoms with Gasteiger partial charge in [0.15, 0.2) is 0 Å². The Morgan fingerprint density at radius 2 is 2.04 bits per heavy atom. The largest absolute Gasteiger partial charge is 0.480 e. The quantitative estimate of drug-likeness (QED) is 0.695. The van der Waals surface area contributed by atoms with E-state index in [-0.39, 0.29) is 31.5 Å². The molecule has 1 aromatic heterocycles. The lowest BCUT2D eigenvalue weighted by Gasteiger charge is -2.15. The van der Waals surface area contributed by atoms with Gasteiger partial charge in [0.1, 0.15) is 6.04 Å². The van der Waals surface area contributed by atoms with E-state index in [0.29, 0.717) is 0 Å². The Kier molecular flexibility index (Phi) is 5.76. The highest BCUT2D eigenvalue weighted by molar-refractivity contribution is 5.86. The number of carboxylic acids is 1. The van der Waals surface area contributed by atoms with Crippen LogP contribution in [-0.2, 0) is 20.7 Å². The zero-order valence-electron chi connectivity index (χ0n) is 13.3. The SMILES string of the molecule is CC(C)OCCC(=O)NC(Cc1c[nH]c2ccccc12)C(=O)O. The van der Waals surface area contributed by atoms with Crippen LogP contribution < -0.4 is 5.32 Å². The number of hydrogen-bond donors (Lipinski definition) is 3. The van der Waals surface area contributed by atoms with Crippen molar-refractivity contribution in [2.24, 2.45) is 0 Å². The molecule has 0 bridgehead atoms. The second kappa shape index (κ2) is 7.78. The third kappa shape index (κ3) is 4.82. The molecule has 23 heavy (non-hydrogen) atoms. The van der Waals surface area contributed by atoms with E-state index >= 15 is 0 Å². The van der Waals surface area contributed by atoms with Crippen molar-refractivity contribution in [1.29, 1.82) is 0 Å². The molecule has 1 unspecified atom stereocenters. The van der Waals surface area contributed by atoms with E-state index in [1.807, 2.05) is 38.1 Å². The standard InChI is InChI=1S/C17H22N2O4/c1-11(2)23-8-7-16(20)19-15(17(21)22)9-12-10-18-14-6-4-3-5-13(12)14/h3-6,10-11,15,18H,7-9H2,1-2H3,(H,19,20)(H,21,22). The van der Waals surface area contributed by atoms with Gasteiger partial charge in [-0.3, -0.25) is 4.79 Å². The summed E-state index contributed by atoms with van der Waals surface area (Å²) >= 11 is 0. The molecule has 0 spiro atoms. The Balaban J connectivity index is 1.99. The first kappa shape index (κ1) is 17.0. The summed E-state index contributed by atoms with van der Waals surface area (Å²) in [4.78, 5) is 26.4. The first-order valence-electron chi connectivity index (χ1n) is 7.66. The van der Waals surface area contributed by atoms with E-state index in [4.69, 9.17) is 4.74 Å². The van der Waals surface area contributed by atoms with Crippen molar-refractivity contribution >= 4 is 22.8 Å². The summed E-state index contributed by atoms with van der Waals surface area (Å²) in [5.41, 5.74) is 1.81. The van der Waals surface area contributed by atoms with Gasteiger partial charge in [0.2, 0.25) is 5.91 Å². The Bertz CT molecular complexity index is 678. The summed E-state index contributed by atoms with van der Waals surface area (Å²) in [6.07, 6.45) is 2.21. The van der Waals surface area contributed by atoms with Gasteiger partial charge in [-0.05, 0) is 25.5 Å². The Hall–Kier alpha value is -2.34. The molecular weight excluding hydrogens is 296 g/mol. The van der Waals surface area contributed by atoms with Gasteiger partial charge >= 0.3 is 5.97 Å². The second-order valence-corrected chi connectivity index (χ2v) is 5.69. The van der Waals surface area contributed by atoms with Crippen LogP contribution in [0.25, 0.3) is 10.9 Å². The summed E-state index contributed by atoms with van der Waals surface area (Å²) in [6, 6.07) is 6.71. The van der Waals surface area contributed by atoms with Gasteiger partial charge < -0.3 is 20.1 Å². The predicted octanol–water partition coefficient (Wildman–Crippen LogP) is 2.09. The fraction of sp³-hybridized carbons (Fsp3) is 0.412.